The Bertz CT molecular complexity index is 470. The fraction of sp³-hybridized carbons (Fsp3) is 0.286. The van der Waals surface area contributed by atoms with E-state index in [1.54, 1.807) is 18.6 Å². The van der Waals surface area contributed by atoms with Gasteiger partial charge in [-0.05, 0) is 38.1 Å². The van der Waals surface area contributed by atoms with Gasteiger partial charge >= 0.3 is 0 Å². The monoisotopic (exact) mass is 243 g/mol. The number of ether oxygens (including phenoxy) is 1. The number of nitrogens with one attached hydrogen (secondary N) is 1. The van der Waals surface area contributed by atoms with Crippen LogP contribution in [0.1, 0.15) is 25.6 Å². The standard InChI is InChI=1S/C14H17N3O/c1-3-18-13-6-4-12(5-7-13)17-11(2)14-10-15-8-9-16-14/h4-11,17H,3H2,1-2H3. The number of nitrogens with zero attached hydrogens (tertiary/aromatic N) is 2. The van der Waals surface area contributed by atoms with E-state index in [2.05, 4.69) is 22.2 Å². The molecule has 18 heavy (non-hydrogen) atoms. The van der Waals surface area contributed by atoms with Crippen molar-refractivity contribution in [1.29, 1.82) is 0 Å². The third kappa shape index (κ3) is 3.20. The number of benzene rings is 1. The van der Waals surface area contributed by atoms with Gasteiger partial charge < -0.3 is 10.1 Å². The van der Waals surface area contributed by atoms with Crippen LogP contribution in [0.2, 0.25) is 0 Å². The minimum absolute atomic E-state index is 0.122. The molecule has 0 aliphatic heterocycles. The second kappa shape index (κ2) is 6.00. The van der Waals surface area contributed by atoms with Crippen molar-refractivity contribution in [3.05, 3.63) is 48.5 Å². The molecular weight excluding hydrogens is 226 g/mol. The maximum Gasteiger partial charge on any atom is 0.119 e. The molecule has 1 atom stereocenters. The van der Waals surface area contributed by atoms with Gasteiger partial charge in [0.25, 0.3) is 0 Å². The molecule has 1 unspecified atom stereocenters. The van der Waals surface area contributed by atoms with Crippen molar-refractivity contribution in [2.75, 3.05) is 11.9 Å². The summed E-state index contributed by atoms with van der Waals surface area (Å²) < 4.78 is 5.40. The summed E-state index contributed by atoms with van der Waals surface area (Å²) in [6.07, 6.45) is 5.14. The summed E-state index contributed by atoms with van der Waals surface area (Å²) in [6.45, 7) is 4.71. The van der Waals surface area contributed by atoms with Gasteiger partial charge in [-0.25, -0.2) is 0 Å². The number of rotatable bonds is 5. The summed E-state index contributed by atoms with van der Waals surface area (Å²) in [5.74, 6) is 0.884. The third-order valence-electron chi connectivity index (χ3n) is 2.58. The molecule has 0 amide bonds. The van der Waals surface area contributed by atoms with E-state index >= 15 is 0 Å². The highest BCUT2D eigenvalue weighted by Crippen LogP contribution is 2.20. The first-order valence-electron chi connectivity index (χ1n) is 6.05. The fourth-order valence-corrected chi connectivity index (χ4v) is 1.67. The molecule has 1 aromatic heterocycles. The van der Waals surface area contributed by atoms with Crippen LogP contribution >= 0.6 is 0 Å². The number of aromatic nitrogens is 2. The van der Waals surface area contributed by atoms with E-state index in [1.807, 2.05) is 31.2 Å². The Labute approximate surface area is 107 Å². The number of hydrogen-bond donors (Lipinski definition) is 1. The molecule has 0 aliphatic carbocycles. The van der Waals surface area contributed by atoms with Crippen LogP contribution in [0.15, 0.2) is 42.9 Å². The van der Waals surface area contributed by atoms with Gasteiger partial charge in [-0.3, -0.25) is 9.97 Å². The minimum atomic E-state index is 0.122. The Morgan fingerprint density at radius 3 is 2.61 bits per heavy atom. The predicted molar refractivity (Wildman–Crippen MR) is 71.7 cm³/mol. The highest BCUT2D eigenvalue weighted by molar-refractivity contribution is 5.47. The lowest BCUT2D eigenvalue weighted by atomic mass is 10.2. The summed E-state index contributed by atoms with van der Waals surface area (Å²) in [6, 6.07) is 8.02. The number of hydrogen-bond acceptors (Lipinski definition) is 4. The van der Waals surface area contributed by atoms with E-state index in [1.165, 1.54) is 0 Å². The molecule has 4 nitrogen and oxygen atoms in total. The van der Waals surface area contributed by atoms with Crippen molar-refractivity contribution in [3.63, 3.8) is 0 Å². The molecule has 0 spiro atoms. The van der Waals surface area contributed by atoms with Gasteiger partial charge in [0.15, 0.2) is 0 Å². The van der Waals surface area contributed by atoms with E-state index in [9.17, 15) is 0 Å². The van der Waals surface area contributed by atoms with Crippen LogP contribution in [0.4, 0.5) is 5.69 Å². The van der Waals surface area contributed by atoms with E-state index < -0.39 is 0 Å². The SMILES string of the molecule is CCOc1ccc(NC(C)c2cnccn2)cc1. The molecule has 1 N–H and O–H groups in total. The highest BCUT2D eigenvalue weighted by Gasteiger charge is 2.06. The highest BCUT2D eigenvalue weighted by atomic mass is 16.5. The van der Waals surface area contributed by atoms with Gasteiger partial charge in [-0.1, -0.05) is 0 Å². The maximum atomic E-state index is 5.40. The van der Waals surface area contributed by atoms with Gasteiger partial charge in [0, 0.05) is 18.1 Å². The summed E-state index contributed by atoms with van der Waals surface area (Å²) in [5.41, 5.74) is 1.96. The maximum absolute atomic E-state index is 5.40. The zero-order valence-corrected chi connectivity index (χ0v) is 10.6. The lowest BCUT2D eigenvalue weighted by molar-refractivity contribution is 0.340. The van der Waals surface area contributed by atoms with Gasteiger partial charge in [-0.2, -0.15) is 0 Å². The first kappa shape index (κ1) is 12.4. The van der Waals surface area contributed by atoms with Crippen molar-refractivity contribution in [2.24, 2.45) is 0 Å². The molecule has 4 heteroatoms. The molecule has 1 heterocycles. The van der Waals surface area contributed by atoms with E-state index in [0.717, 1.165) is 17.1 Å². The van der Waals surface area contributed by atoms with Gasteiger partial charge in [0.05, 0.1) is 24.5 Å². The molecular formula is C14H17N3O. The smallest absolute Gasteiger partial charge is 0.119 e. The molecule has 94 valence electrons. The molecule has 1 aromatic carbocycles. The van der Waals surface area contributed by atoms with Gasteiger partial charge in [0.2, 0.25) is 0 Å². The Balaban J connectivity index is 2.01. The van der Waals surface area contributed by atoms with Gasteiger partial charge in [0.1, 0.15) is 5.75 Å². The predicted octanol–water partition coefficient (Wildman–Crippen LogP) is 3.05. The zero-order chi connectivity index (χ0) is 12.8. The molecule has 0 bridgehead atoms. The van der Waals surface area contributed by atoms with Crippen molar-refractivity contribution in [1.82, 2.24) is 9.97 Å². The van der Waals surface area contributed by atoms with Crippen LogP contribution in [0.5, 0.6) is 5.75 Å². The van der Waals surface area contributed by atoms with E-state index in [-0.39, 0.29) is 6.04 Å². The second-order valence-electron chi connectivity index (χ2n) is 3.95. The molecule has 0 aliphatic rings. The Kier molecular flexibility index (Phi) is 4.12. The lowest BCUT2D eigenvalue weighted by Crippen LogP contribution is -2.08. The summed E-state index contributed by atoms with van der Waals surface area (Å²) in [4.78, 5) is 8.34. The molecule has 2 aromatic rings. The first-order valence-corrected chi connectivity index (χ1v) is 6.05. The largest absolute Gasteiger partial charge is 0.494 e. The van der Waals surface area contributed by atoms with Gasteiger partial charge in [-0.15, -0.1) is 0 Å². The fourth-order valence-electron chi connectivity index (χ4n) is 1.67. The summed E-state index contributed by atoms with van der Waals surface area (Å²) in [7, 11) is 0. The van der Waals surface area contributed by atoms with Crippen molar-refractivity contribution < 1.29 is 4.74 Å². The van der Waals surface area contributed by atoms with Crippen LogP contribution < -0.4 is 10.1 Å². The zero-order valence-electron chi connectivity index (χ0n) is 10.6. The Morgan fingerprint density at radius 1 is 1.22 bits per heavy atom. The normalized spacial score (nSPS) is 11.9. The van der Waals surface area contributed by atoms with Crippen molar-refractivity contribution in [3.8, 4) is 5.75 Å². The molecule has 0 saturated heterocycles. The quantitative estimate of drug-likeness (QED) is 0.876. The van der Waals surface area contributed by atoms with Crippen LogP contribution in [0, 0.1) is 0 Å². The average Bonchev–Trinajstić information content (AvgIpc) is 2.42. The lowest BCUT2D eigenvalue weighted by Gasteiger charge is -2.14. The molecule has 0 radical (unpaired) electrons. The van der Waals surface area contributed by atoms with Crippen LogP contribution in [0.25, 0.3) is 0 Å². The Morgan fingerprint density at radius 2 is 2.00 bits per heavy atom. The molecule has 2 rings (SSSR count). The first-order chi connectivity index (χ1) is 8.79. The third-order valence-corrected chi connectivity index (χ3v) is 2.58. The van der Waals surface area contributed by atoms with Crippen molar-refractivity contribution >= 4 is 5.69 Å². The summed E-state index contributed by atoms with van der Waals surface area (Å²) in [5, 5.41) is 3.37. The topological polar surface area (TPSA) is 47.0 Å². The van der Waals surface area contributed by atoms with E-state index in [0.29, 0.717) is 6.61 Å². The average molecular weight is 243 g/mol. The van der Waals surface area contributed by atoms with E-state index in [4.69, 9.17) is 4.74 Å². The number of anilines is 1. The Hall–Kier alpha value is -2.10. The minimum Gasteiger partial charge on any atom is -0.494 e. The van der Waals surface area contributed by atoms with Crippen molar-refractivity contribution in [2.45, 2.75) is 19.9 Å². The molecule has 0 saturated carbocycles. The molecule has 0 fully saturated rings. The van der Waals surface area contributed by atoms with Crippen LogP contribution in [-0.4, -0.2) is 16.6 Å². The second-order valence-corrected chi connectivity index (χ2v) is 3.95. The van der Waals surface area contributed by atoms with Crippen LogP contribution in [0.3, 0.4) is 0 Å². The van der Waals surface area contributed by atoms with Crippen LogP contribution in [-0.2, 0) is 0 Å². The summed E-state index contributed by atoms with van der Waals surface area (Å²) >= 11 is 0.